The van der Waals surface area contributed by atoms with Crippen LogP contribution < -0.4 is 4.72 Å². The van der Waals surface area contributed by atoms with Gasteiger partial charge in [-0.2, -0.15) is 0 Å². The third-order valence-corrected chi connectivity index (χ3v) is 1.48. The molecule has 42 valence electrons. The summed E-state index contributed by atoms with van der Waals surface area (Å²) < 4.78 is 8.04. The molecule has 0 aromatic heterocycles. The van der Waals surface area contributed by atoms with Crippen molar-refractivity contribution in [2.75, 3.05) is 13.2 Å². The molecule has 1 saturated heterocycles. The molecule has 0 aromatic rings. The maximum atomic E-state index is 5.00. The van der Waals surface area contributed by atoms with E-state index in [9.17, 15) is 0 Å². The fraction of sp³-hybridized carbons (Fsp3) is 1.00. The van der Waals surface area contributed by atoms with Gasteiger partial charge in [0.15, 0.2) is 0 Å². The topological polar surface area (TPSA) is 21.3 Å². The fourth-order valence-corrected chi connectivity index (χ4v) is 0.995. The smallest absolute Gasteiger partial charge is 0.0788 e. The molecule has 0 radical (unpaired) electrons. The third kappa shape index (κ3) is 2.16. The molecule has 0 unspecified atom stereocenters. The lowest BCUT2D eigenvalue weighted by Crippen LogP contribution is -2.00. The minimum absolute atomic E-state index is 0.900. The predicted octanol–water partition coefficient (Wildman–Crippen LogP) is 0.950. The van der Waals surface area contributed by atoms with E-state index in [0.717, 1.165) is 13.2 Å². The SMILES string of the molecule is C1CCOSNC1. The van der Waals surface area contributed by atoms with E-state index in [1.165, 1.54) is 25.1 Å². The zero-order chi connectivity index (χ0) is 4.95. The molecular weight excluding hydrogens is 110 g/mol. The Morgan fingerprint density at radius 3 is 3.43 bits per heavy atom. The summed E-state index contributed by atoms with van der Waals surface area (Å²) in [5.74, 6) is 0. The van der Waals surface area contributed by atoms with E-state index < -0.39 is 0 Å². The summed E-state index contributed by atoms with van der Waals surface area (Å²) in [5.41, 5.74) is 0. The molecule has 2 nitrogen and oxygen atoms in total. The average Bonchev–Trinajstić information content (AvgIpc) is 1.90. The van der Waals surface area contributed by atoms with Crippen LogP contribution in [0.3, 0.4) is 0 Å². The molecule has 0 spiro atoms. The highest BCUT2D eigenvalue weighted by Crippen LogP contribution is 2.03. The van der Waals surface area contributed by atoms with E-state index in [4.69, 9.17) is 4.18 Å². The Kier molecular flexibility index (Phi) is 2.55. The van der Waals surface area contributed by atoms with Gasteiger partial charge < -0.3 is 4.18 Å². The first kappa shape index (κ1) is 5.41. The fourth-order valence-electron chi connectivity index (χ4n) is 0.483. The van der Waals surface area contributed by atoms with Crippen molar-refractivity contribution in [3.63, 3.8) is 0 Å². The van der Waals surface area contributed by atoms with Crippen molar-refractivity contribution in [2.45, 2.75) is 12.8 Å². The summed E-state index contributed by atoms with van der Waals surface area (Å²) in [4.78, 5) is 0. The van der Waals surface area contributed by atoms with Crippen molar-refractivity contribution in [3.8, 4) is 0 Å². The maximum Gasteiger partial charge on any atom is 0.0788 e. The molecule has 0 aliphatic carbocycles. The molecule has 0 amide bonds. The molecule has 1 rings (SSSR count). The molecule has 1 aliphatic rings. The first-order valence-corrected chi connectivity index (χ1v) is 3.25. The van der Waals surface area contributed by atoms with Gasteiger partial charge in [0.05, 0.1) is 18.8 Å². The molecule has 1 heterocycles. The van der Waals surface area contributed by atoms with Crippen LogP contribution in [0.25, 0.3) is 0 Å². The highest BCUT2D eigenvalue weighted by Gasteiger charge is 1.95. The van der Waals surface area contributed by atoms with Gasteiger partial charge in [-0.05, 0) is 12.8 Å². The Hall–Kier alpha value is 0.270. The van der Waals surface area contributed by atoms with Gasteiger partial charge >= 0.3 is 0 Å². The largest absolute Gasteiger partial charge is 0.301 e. The van der Waals surface area contributed by atoms with Gasteiger partial charge in [0.25, 0.3) is 0 Å². The molecule has 0 bridgehead atoms. The maximum absolute atomic E-state index is 5.00. The number of hydrogen-bond acceptors (Lipinski definition) is 3. The van der Waals surface area contributed by atoms with Crippen LogP contribution >= 0.6 is 12.2 Å². The lowest BCUT2D eigenvalue weighted by molar-refractivity contribution is 0.370. The van der Waals surface area contributed by atoms with E-state index in [-0.39, 0.29) is 0 Å². The minimum atomic E-state index is 0.900. The summed E-state index contributed by atoms with van der Waals surface area (Å²) in [6.45, 7) is 1.99. The van der Waals surface area contributed by atoms with Crippen molar-refractivity contribution in [3.05, 3.63) is 0 Å². The number of hydrogen-bond donors (Lipinski definition) is 1. The molecule has 0 atom stereocenters. The Morgan fingerprint density at radius 2 is 2.43 bits per heavy atom. The van der Waals surface area contributed by atoms with Crippen LogP contribution in [0.1, 0.15) is 12.8 Å². The second-order valence-electron chi connectivity index (χ2n) is 1.51. The van der Waals surface area contributed by atoms with Crippen LogP contribution in [0.2, 0.25) is 0 Å². The number of nitrogens with one attached hydrogen (secondary N) is 1. The standard InChI is InChI=1S/C4H9NOS/c1-2-4-6-7-5-3-1/h5H,1-4H2. The second kappa shape index (κ2) is 3.29. The van der Waals surface area contributed by atoms with Crippen molar-refractivity contribution < 1.29 is 4.18 Å². The molecule has 1 N–H and O–H groups in total. The van der Waals surface area contributed by atoms with Crippen LogP contribution in [0.15, 0.2) is 0 Å². The number of rotatable bonds is 0. The van der Waals surface area contributed by atoms with Gasteiger partial charge in [-0.15, -0.1) is 0 Å². The summed E-state index contributed by atoms with van der Waals surface area (Å²) in [6, 6.07) is 0. The van der Waals surface area contributed by atoms with Gasteiger partial charge in [-0.1, -0.05) is 0 Å². The molecule has 1 fully saturated rings. The van der Waals surface area contributed by atoms with Gasteiger partial charge in [0, 0.05) is 6.54 Å². The Morgan fingerprint density at radius 1 is 1.43 bits per heavy atom. The van der Waals surface area contributed by atoms with E-state index >= 15 is 0 Å². The molecule has 1 aliphatic heterocycles. The summed E-state index contributed by atoms with van der Waals surface area (Å²) in [5, 5.41) is 0. The predicted molar refractivity (Wildman–Crippen MR) is 30.8 cm³/mol. The minimum Gasteiger partial charge on any atom is -0.301 e. The zero-order valence-corrected chi connectivity index (χ0v) is 4.96. The van der Waals surface area contributed by atoms with Crippen LogP contribution in [-0.4, -0.2) is 13.2 Å². The first-order valence-electron chi connectivity index (χ1n) is 2.51. The van der Waals surface area contributed by atoms with Crippen molar-refractivity contribution in [2.24, 2.45) is 0 Å². The first-order chi connectivity index (χ1) is 3.50. The van der Waals surface area contributed by atoms with E-state index in [1.54, 1.807) is 0 Å². The van der Waals surface area contributed by atoms with Crippen LogP contribution in [0.5, 0.6) is 0 Å². The van der Waals surface area contributed by atoms with Crippen LogP contribution in [-0.2, 0) is 4.18 Å². The quantitative estimate of drug-likeness (QED) is 0.379. The molecule has 0 aromatic carbocycles. The highest BCUT2D eigenvalue weighted by molar-refractivity contribution is 7.92. The summed E-state index contributed by atoms with van der Waals surface area (Å²) >= 11 is 1.37. The van der Waals surface area contributed by atoms with Gasteiger partial charge in [-0.25, -0.2) is 4.72 Å². The Balaban J connectivity index is 2.04. The molecule has 7 heavy (non-hydrogen) atoms. The van der Waals surface area contributed by atoms with E-state index in [1.807, 2.05) is 0 Å². The van der Waals surface area contributed by atoms with Crippen LogP contribution in [0.4, 0.5) is 0 Å². The molecular formula is C4H9NOS. The van der Waals surface area contributed by atoms with Gasteiger partial charge in [0.2, 0.25) is 0 Å². The highest BCUT2D eigenvalue weighted by atomic mass is 32.2. The lowest BCUT2D eigenvalue weighted by atomic mass is 10.3. The average molecular weight is 119 g/mol. The van der Waals surface area contributed by atoms with E-state index in [0.29, 0.717) is 0 Å². The van der Waals surface area contributed by atoms with Crippen molar-refractivity contribution >= 4 is 12.2 Å². The summed E-state index contributed by atoms with van der Waals surface area (Å²) in [6.07, 6.45) is 2.44. The zero-order valence-electron chi connectivity index (χ0n) is 4.14. The molecule has 3 heteroatoms. The lowest BCUT2D eigenvalue weighted by Gasteiger charge is -1.91. The van der Waals surface area contributed by atoms with Crippen molar-refractivity contribution in [1.82, 2.24) is 4.72 Å². The Labute approximate surface area is 48.0 Å². The normalized spacial score (nSPS) is 24.0. The van der Waals surface area contributed by atoms with Crippen LogP contribution in [0, 0.1) is 0 Å². The summed E-state index contributed by atoms with van der Waals surface area (Å²) in [7, 11) is 0. The monoisotopic (exact) mass is 119 g/mol. The van der Waals surface area contributed by atoms with Gasteiger partial charge in [0.1, 0.15) is 0 Å². The second-order valence-corrected chi connectivity index (χ2v) is 2.20. The van der Waals surface area contributed by atoms with Gasteiger partial charge in [-0.3, -0.25) is 0 Å². The van der Waals surface area contributed by atoms with E-state index in [2.05, 4.69) is 4.72 Å². The third-order valence-electron chi connectivity index (χ3n) is 0.874. The molecule has 0 saturated carbocycles. The van der Waals surface area contributed by atoms with Crippen molar-refractivity contribution in [1.29, 1.82) is 0 Å². The Bertz CT molecular complexity index is 31.3.